The van der Waals surface area contributed by atoms with Gasteiger partial charge in [-0.05, 0) is 62.7 Å². The second kappa shape index (κ2) is 7.10. The Bertz CT molecular complexity index is 855. The van der Waals surface area contributed by atoms with Crippen molar-refractivity contribution in [3.63, 3.8) is 0 Å². The van der Waals surface area contributed by atoms with Crippen molar-refractivity contribution in [2.24, 2.45) is 0 Å². The molecule has 3 aromatic rings. The number of anilines is 3. The smallest absolute Gasteiger partial charge is 0.0755 e. The van der Waals surface area contributed by atoms with E-state index in [0.717, 1.165) is 22.6 Å². The third kappa shape index (κ3) is 3.62. The Labute approximate surface area is 150 Å². The molecule has 2 aromatic carbocycles. The van der Waals surface area contributed by atoms with Crippen LogP contribution in [0.5, 0.6) is 0 Å². The minimum atomic E-state index is 0. The SMILES string of the molecule is Cc1cc(C)c2nc(C)cc(Nc3ccc(N(C)C)cc3)c2c1.Cl. The van der Waals surface area contributed by atoms with Crippen molar-refractivity contribution in [3.05, 3.63) is 59.3 Å². The summed E-state index contributed by atoms with van der Waals surface area (Å²) in [6.07, 6.45) is 0. The Morgan fingerprint density at radius 1 is 0.917 bits per heavy atom. The molecule has 4 heteroatoms. The maximum absolute atomic E-state index is 4.71. The molecule has 0 radical (unpaired) electrons. The van der Waals surface area contributed by atoms with Gasteiger partial charge in [-0.25, -0.2) is 0 Å². The van der Waals surface area contributed by atoms with E-state index in [9.17, 15) is 0 Å². The summed E-state index contributed by atoms with van der Waals surface area (Å²) in [5, 5.41) is 4.72. The van der Waals surface area contributed by atoms with Gasteiger partial charge in [-0.15, -0.1) is 12.4 Å². The standard InChI is InChI=1S/C20H23N3.ClH/c1-13-10-14(2)20-18(11-13)19(12-15(3)21-20)22-16-6-8-17(9-7-16)23(4)5;/h6-12H,1-5H3,(H,21,22);1H. The minimum absolute atomic E-state index is 0. The normalized spacial score (nSPS) is 10.4. The number of nitrogens with zero attached hydrogens (tertiary/aromatic N) is 2. The molecule has 3 nitrogen and oxygen atoms in total. The van der Waals surface area contributed by atoms with Crippen LogP contribution in [0, 0.1) is 20.8 Å². The molecule has 0 aliphatic heterocycles. The summed E-state index contributed by atoms with van der Waals surface area (Å²) in [4.78, 5) is 6.81. The van der Waals surface area contributed by atoms with Crippen molar-refractivity contribution in [2.75, 3.05) is 24.3 Å². The molecule has 0 bridgehead atoms. The van der Waals surface area contributed by atoms with E-state index in [1.54, 1.807) is 0 Å². The molecule has 0 fully saturated rings. The predicted octanol–water partition coefficient (Wildman–Crippen LogP) is 5.39. The fourth-order valence-electron chi connectivity index (χ4n) is 2.91. The average molecular weight is 342 g/mol. The molecule has 1 aromatic heterocycles. The van der Waals surface area contributed by atoms with Crippen LogP contribution < -0.4 is 10.2 Å². The lowest BCUT2D eigenvalue weighted by Gasteiger charge is -2.15. The van der Waals surface area contributed by atoms with E-state index in [2.05, 4.69) is 66.5 Å². The molecule has 0 amide bonds. The van der Waals surface area contributed by atoms with E-state index in [-0.39, 0.29) is 12.4 Å². The van der Waals surface area contributed by atoms with Gasteiger partial charge in [0.25, 0.3) is 0 Å². The van der Waals surface area contributed by atoms with Gasteiger partial charge in [0, 0.05) is 42.2 Å². The summed E-state index contributed by atoms with van der Waals surface area (Å²) in [6.45, 7) is 6.29. The van der Waals surface area contributed by atoms with Crippen molar-refractivity contribution in [1.29, 1.82) is 0 Å². The van der Waals surface area contributed by atoms with Crippen molar-refractivity contribution in [1.82, 2.24) is 4.98 Å². The van der Waals surface area contributed by atoms with Gasteiger partial charge in [-0.3, -0.25) is 4.98 Å². The lowest BCUT2D eigenvalue weighted by molar-refractivity contribution is 1.13. The molecular weight excluding hydrogens is 318 g/mol. The zero-order valence-electron chi connectivity index (χ0n) is 14.8. The maximum Gasteiger partial charge on any atom is 0.0755 e. The number of hydrogen-bond donors (Lipinski definition) is 1. The number of halogens is 1. The van der Waals surface area contributed by atoms with Crippen LogP contribution in [0.3, 0.4) is 0 Å². The maximum atomic E-state index is 4.71. The first-order chi connectivity index (χ1) is 10.9. The summed E-state index contributed by atoms with van der Waals surface area (Å²) in [5.74, 6) is 0. The van der Waals surface area contributed by atoms with E-state index in [0.29, 0.717) is 0 Å². The number of hydrogen-bond acceptors (Lipinski definition) is 3. The summed E-state index contributed by atoms with van der Waals surface area (Å²) < 4.78 is 0. The molecule has 0 saturated heterocycles. The fourth-order valence-corrected chi connectivity index (χ4v) is 2.91. The monoisotopic (exact) mass is 341 g/mol. The number of aryl methyl sites for hydroxylation is 3. The van der Waals surface area contributed by atoms with Gasteiger partial charge < -0.3 is 10.2 Å². The molecule has 0 saturated carbocycles. The number of nitrogens with one attached hydrogen (secondary N) is 1. The average Bonchev–Trinajstić information content (AvgIpc) is 2.49. The topological polar surface area (TPSA) is 28.2 Å². The summed E-state index contributed by atoms with van der Waals surface area (Å²) >= 11 is 0. The molecule has 0 spiro atoms. The first-order valence-corrected chi connectivity index (χ1v) is 7.87. The molecule has 0 aliphatic carbocycles. The summed E-state index contributed by atoms with van der Waals surface area (Å²) in [6, 6.07) is 15.0. The third-order valence-corrected chi connectivity index (χ3v) is 4.04. The number of rotatable bonds is 3. The highest BCUT2D eigenvalue weighted by Gasteiger charge is 2.08. The highest BCUT2D eigenvalue weighted by molar-refractivity contribution is 5.95. The van der Waals surface area contributed by atoms with Gasteiger partial charge in [0.2, 0.25) is 0 Å². The van der Waals surface area contributed by atoms with Crippen LogP contribution in [-0.2, 0) is 0 Å². The molecule has 126 valence electrons. The molecule has 24 heavy (non-hydrogen) atoms. The highest BCUT2D eigenvalue weighted by atomic mass is 35.5. The molecule has 1 heterocycles. The van der Waals surface area contributed by atoms with E-state index in [1.807, 2.05) is 21.0 Å². The molecule has 0 aliphatic rings. The minimum Gasteiger partial charge on any atom is -0.378 e. The van der Waals surface area contributed by atoms with Crippen LogP contribution >= 0.6 is 12.4 Å². The van der Waals surface area contributed by atoms with E-state index < -0.39 is 0 Å². The first kappa shape index (κ1) is 18.1. The highest BCUT2D eigenvalue weighted by Crippen LogP contribution is 2.30. The molecule has 3 rings (SSSR count). The molecule has 0 unspecified atom stereocenters. The second-order valence-corrected chi connectivity index (χ2v) is 6.36. The second-order valence-electron chi connectivity index (χ2n) is 6.36. The van der Waals surface area contributed by atoms with Crippen LogP contribution in [0.2, 0.25) is 0 Å². The number of fused-ring (bicyclic) bond motifs is 1. The third-order valence-electron chi connectivity index (χ3n) is 4.04. The van der Waals surface area contributed by atoms with E-state index >= 15 is 0 Å². The lowest BCUT2D eigenvalue weighted by Crippen LogP contribution is -2.08. The van der Waals surface area contributed by atoms with Crippen LogP contribution in [0.1, 0.15) is 16.8 Å². The van der Waals surface area contributed by atoms with Crippen molar-refractivity contribution in [2.45, 2.75) is 20.8 Å². The Balaban J connectivity index is 0.00000208. The Morgan fingerprint density at radius 3 is 2.21 bits per heavy atom. The predicted molar refractivity (Wildman–Crippen MR) is 107 cm³/mol. The van der Waals surface area contributed by atoms with Gasteiger partial charge in [0.1, 0.15) is 0 Å². The number of aromatic nitrogens is 1. The Kier molecular flexibility index (Phi) is 5.35. The van der Waals surface area contributed by atoms with Crippen LogP contribution in [-0.4, -0.2) is 19.1 Å². The number of benzene rings is 2. The Hall–Kier alpha value is -2.26. The Morgan fingerprint density at radius 2 is 1.58 bits per heavy atom. The van der Waals surface area contributed by atoms with Gasteiger partial charge >= 0.3 is 0 Å². The summed E-state index contributed by atoms with van der Waals surface area (Å²) in [5.41, 5.74) is 7.96. The van der Waals surface area contributed by atoms with Crippen LogP contribution in [0.4, 0.5) is 17.1 Å². The molecule has 0 atom stereocenters. The number of pyridine rings is 1. The van der Waals surface area contributed by atoms with Crippen molar-refractivity contribution < 1.29 is 0 Å². The quantitative estimate of drug-likeness (QED) is 0.692. The fraction of sp³-hybridized carbons (Fsp3) is 0.250. The largest absolute Gasteiger partial charge is 0.378 e. The zero-order valence-corrected chi connectivity index (χ0v) is 15.7. The van der Waals surface area contributed by atoms with Gasteiger partial charge in [-0.1, -0.05) is 11.6 Å². The van der Waals surface area contributed by atoms with Gasteiger partial charge in [-0.2, -0.15) is 0 Å². The molecule has 1 N–H and O–H groups in total. The zero-order chi connectivity index (χ0) is 16.6. The van der Waals surface area contributed by atoms with Crippen LogP contribution in [0.25, 0.3) is 10.9 Å². The van der Waals surface area contributed by atoms with E-state index in [4.69, 9.17) is 4.98 Å². The summed E-state index contributed by atoms with van der Waals surface area (Å²) in [7, 11) is 4.10. The van der Waals surface area contributed by atoms with Crippen molar-refractivity contribution >= 4 is 40.4 Å². The molecular formula is C20H24ClN3. The van der Waals surface area contributed by atoms with Gasteiger partial charge in [0.05, 0.1) is 5.52 Å². The lowest BCUT2D eigenvalue weighted by atomic mass is 10.0. The first-order valence-electron chi connectivity index (χ1n) is 7.87. The van der Waals surface area contributed by atoms with Gasteiger partial charge in [0.15, 0.2) is 0 Å². The van der Waals surface area contributed by atoms with E-state index in [1.165, 1.54) is 22.2 Å². The van der Waals surface area contributed by atoms with Crippen molar-refractivity contribution in [3.8, 4) is 0 Å². The van der Waals surface area contributed by atoms with Crippen LogP contribution in [0.15, 0.2) is 42.5 Å².